The minimum atomic E-state index is 0.0986. The van der Waals surface area contributed by atoms with E-state index in [1.807, 2.05) is 19.1 Å². The number of nitrogens with one attached hydrogen (secondary N) is 1. The van der Waals surface area contributed by atoms with Gasteiger partial charge in [-0.05, 0) is 64.9 Å². The van der Waals surface area contributed by atoms with Gasteiger partial charge in [0.15, 0.2) is 0 Å². The second kappa shape index (κ2) is 9.95. The molecule has 0 spiro atoms. The molecular weight excluding hydrogens is 358 g/mol. The van der Waals surface area contributed by atoms with Gasteiger partial charge in [0.05, 0.1) is 11.4 Å². The van der Waals surface area contributed by atoms with Crippen molar-refractivity contribution >= 4 is 17.7 Å². The third kappa shape index (κ3) is 6.11. The molecule has 1 N–H and O–H groups in total. The molecule has 0 bridgehead atoms. The van der Waals surface area contributed by atoms with Gasteiger partial charge < -0.3 is 14.6 Å². The molecule has 1 fully saturated rings. The highest BCUT2D eigenvalue weighted by Crippen LogP contribution is 2.24. The van der Waals surface area contributed by atoms with Gasteiger partial charge in [0.25, 0.3) is 0 Å². The molecule has 2 heterocycles. The SMILES string of the molecule is Cc1cccc(-c2nc(CSCC(=O)NCCCN3CCCC3)c(C)o2)c1. The van der Waals surface area contributed by atoms with Gasteiger partial charge in [0.1, 0.15) is 5.76 Å². The summed E-state index contributed by atoms with van der Waals surface area (Å²) >= 11 is 1.58. The van der Waals surface area contributed by atoms with Crippen molar-refractivity contribution < 1.29 is 9.21 Å². The van der Waals surface area contributed by atoms with Crippen molar-refractivity contribution in [2.24, 2.45) is 0 Å². The highest BCUT2D eigenvalue weighted by atomic mass is 32.2. The minimum absolute atomic E-state index is 0.0986. The Hall–Kier alpha value is -1.79. The Balaban J connectivity index is 1.37. The maximum Gasteiger partial charge on any atom is 0.230 e. The maximum absolute atomic E-state index is 12.0. The molecule has 0 atom stereocenters. The Labute approximate surface area is 165 Å². The summed E-state index contributed by atoms with van der Waals surface area (Å²) in [7, 11) is 0. The van der Waals surface area contributed by atoms with E-state index in [4.69, 9.17) is 4.42 Å². The van der Waals surface area contributed by atoms with Crippen molar-refractivity contribution in [2.75, 3.05) is 31.9 Å². The average molecular weight is 388 g/mol. The third-order valence-corrected chi connectivity index (χ3v) is 5.75. The number of oxazole rings is 1. The Morgan fingerprint density at radius 1 is 1.30 bits per heavy atom. The molecule has 6 heteroatoms. The molecule has 0 unspecified atom stereocenters. The van der Waals surface area contributed by atoms with Crippen molar-refractivity contribution in [1.82, 2.24) is 15.2 Å². The summed E-state index contributed by atoms with van der Waals surface area (Å²) in [5, 5.41) is 3.01. The van der Waals surface area contributed by atoms with Crippen molar-refractivity contribution in [3.05, 3.63) is 41.3 Å². The monoisotopic (exact) mass is 387 g/mol. The Morgan fingerprint density at radius 3 is 2.89 bits per heavy atom. The standard InChI is InChI=1S/C21H29N3O2S/c1-16-7-5-8-18(13-16)21-23-19(17(2)26-21)14-27-15-20(25)22-9-6-12-24-10-3-4-11-24/h5,7-8,13H,3-4,6,9-12,14-15H2,1-2H3,(H,22,25). The molecule has 0 radical (unpaired) electrons. The van der Waals surface area contributed by atoms with Crippen LogP contribution in [0.5, 0.6) is 0 Å². The second-order valence-electron chi connectivity index (χ2n) is 7.14. The lowest BCUT2D eigenvalue weighted by Crippen LogP contribution is -2.29. The van der Waals surface area contributed by atoms with E-state index in [1.165, 1.54) is 31.5 Å². The third-order valence-electron chi connectivity index (χ3n) is 4.80. The average Bonchev–Trinajstić information content (AvgIpc) is 3.29. The van der Waals surface area contributed by atoms with Crippen LogP contribution in [0.15, 0.2) is 28.7 Å². The highest BCUT2D eigenvalue weighted by Gasteiger charge is 2.13. The molecule has 146 valence electrons. The number of carbonyl (C=O) groups excluding carboxylic acids is 1. The predicted molar refractivity (Wildman–Crippen MR) is 111 cm³/mol. The molecule has 27 heavy (non-hydrogen) atoms. The summed E-state index contributed by atoms with van der Waals surface area (Å²) < 4.78 is 5.81. The molecule has 1 aliphatic rings. The molecule has 2 aromatic rings. The van der Waals surface area contributed by atoms with Crippen LogP contribution in [0.4, 0.5) is 0 Å². The molecule has 1 aromatic carbocycles. The number of hydrogen-bond acceptors (Lipinski definition) is 5. The van der Waals surface area contributed by atoms with Crippen LogP contribution < -0.4 is 5.32 Å². The Bertz CT molecular complexity index is 754. The summed E-state index contributed by atoms with van der Waals surface area (Å²) in [6.45, 7) is 8.26. The summed E-state index contributed by atoms with van der Waals surface area (Å²) in [5.74, 6) is 2.71. The molecule has 3 rings (SSSR count). The normalized spacial score (nSPS) is 14.6. The van der Waals surface area contributed by atoms with Crippen molar-refractivity contribution in [3.63, 3.8) is 0 Å². The number of nitrogens with zero attached hydrogens (tertiary/aromatic N) is 2. The van der Waals surface area contributed by atoms with Crippen LogP contribution in [0.1, 0.15) is 36.3 Å². The van der Waals surface area contributed by atoms with E-state index in [9.17, 15) is 4.79 Å². The van der Waals surface area contributed by atoms with Crippen LogP contribution in [0, 0.1) is 13.8 Å². The highest BCUT2D eigenvalue weighted by molar-refractivity contribution is 7.99. The lowest BCUT2D eigenvalue weighted by Gasteiger charge is -2.14. The molecule has 5 nitrogen and oxygen atoms in total. The summed E-state index contributed by atoms with van der Waals surface area (Å²) in [6, 6.07) is 8.13. The number of benzene rings is 1. The molecule has 1 aliphatic heterocycles. The van der Waals surface area contributed by atoms with Gasteiger partial charge in [-0.15, -0.1) is 11.8 Å². The van der Waals surface area contributed by atoms with E-state index in [0.29, 0.717) is 17.4 Å². The van der Waals surface area contributed by atoms with Crippen LogP contribution >= 0.6 is 11.8 Å². The van der Waals surface area contributed by atoms with Gasteiger partial charge in [0.2, 0.25) is 11.8 Å². The first-order valence-electron chi connectivity index (χ1n) is 9.72. The van der Waals surface area contributed by atoms with Crippen LogP contribution in [0.2, 0.25) is 0 Å². The lowest BCUT2D eigenvalue weighted by molar-refractivity contribution is -0.118. The van der Waals surface area contributed by atoms with E-state index in [1.54, 1.807) is 11.8 Å². The van der Waals surface area contributed by atoms with Crippen molar-refractivity contribution in [1.29, 1.82) is 0 Å². The number of aryl methyl sites for hydroxylation is 2. The largest absolute Gasteiger partial charge is 0.441 e. The fourth-order valence-electron chi connectivity index (χ4n) is 3.29. The van der Waals surface area contributed by atoms with Crippen LogP contribution in [-0.4, -0.2) is 47.7 Å². The number of thioether (sulfide) groups is 1. The zero-order valence-electron chi connectivity index (χ0n) is 16.3. The Kier molecular flexibility index (Phi) is 7.35. The number of aromatic nitrogens is 1. The first-order chi connectivity index (χ1) is 13.1. The number of rotatable bonds is 9. The first-order valence-corrected chi connectivity index (χ1v) is 10.9. The van der Waals surface area contributed by atoms with Crippen molar-refractivity contribution in [3.8, 4) is 11.5 Å². The first kappa shape index (κ1) is 20.0. The van der Waals surface area contributed by atoms with Crippen LogP contribution in [-0.2, 0) is 10.5 Å². The van der Waals surface area contributed by atoms with Gasteiger partial charge in [0, 0.05) is 17.9 Å². The fraction of sp³-hybridized carbons (Fsp3) is 0.524. The topological polar surface area (TPSA) is 58.4 Å². The number of hydrogen-bond donors (Lipinski definition) is 1. The van der Waals surface area contributed by atoms with Crippen LogP contribution in [0.25, 0.3) is 11.5 Å². The molecule has 1 amide bonds. The van der Waals surface area contributed by atoms with Gasteiger partial charge in [-0.2, -0.15) is 0 Å². The molecular formula is C21H29N3O2S. The molecule has 1 saturated heterocycles. The van der Waals surface area contributed by atoms with E-state index in [2.05, 4.69) is 34.3 Å². The van der Waals surface area contributed by atoms with Gasteiger partial charge in [-0.1, -0.05) is 17.7 Å². The van der Waals surface area contributed by atoms with Gasteiger partial charge in [-0.3, -0.25) is 4.79 Å². The quantitative estimate of drug-likeness (QED) is 0.663. The molecule has 0 aliphatic carbocycles. The zero-order valence-corrected chi connectivity index (χ0v) is 17.1. The Morgan fingerprint density at radius 2 is 2.11 bits per heavy atom. The second-order valence-corrected chi connectivity index (χ2v) is 8.12. The smallest absolute Gasteiger partial charge is 0.230 e. The van der Waals surface area contributed by atoms with Gasteiger partial charge in [-0.25, -0.2) is 4.98 Å². The van der Waals surface area contributed by atoms with E-state index in [0.717, 1.165) is 36.5 Å². The molecule has 1 aromatic heterocycles. The zero-order chi connectivity index (χ0) is 19.1. The fourth-order valence-corrected chi connectivity index (χ4v) is 4.14. The molecule has 0 saturated carbocycles. The van der Waals surface area contributed by atoms with Crippen LogP contribution in [0.3, 0.4) is 0 Å². The number of amides is 1. The summed E-state index contributed by atoms with van der Waals surface area (Å²) in [6.07, 6.45) is 3.66. The van der Waals surface area contributed by atoms with E-state index in [-0.39, 0.29) is 5.91 Å². The van der Waals surface area contributed by atoms with E-state index < -0.39 is 0 Å². The van der Waals surface area contributed by atoms with Crippen molar-refractivity contribution in [2.45, 2.75) is 38.9 Å². The predicted octanol–water partition coefficient (Wildman–Crippen LogP) is 3.79. The number of carbonyl (C=O) groups is 1. The summed E-state index contributed by atoms with van der Waals surface area (Å²) in [5.41, 5.74) is 3.09. The van der Waals surface area contributed by atoms with E-state index >= 15 is 0 Å². The number of likely N-dealkylation sites (tertiary alicyclic amines) is 1. The lowest BCUT2D eigenvalue weighted by atomic mass is 10.1. The minimum Gasteiger partial charge on any atom is -0.441 e. The maximum atomic E-state index is 12.0. The van der Waals surface area contributed by atoms with Gasteiger partial charge >= 0.3 is 0 Å². The summed E-state index contributed by atoms with van der Waals surface area (Å²) in [4.78, 5) is 19.1.